The van der Waals surface area contributed by atoms with Crippen molar-refractivity contribution in [2.75, 3.05) is 0 Å². The first-order valence-electron chi connectivity index (χ1n) is 3.22. The van der Waals surface area contributed by atoms with Crippen molar-refractivity contribution in [1.82, 2.24) is 0 Å². The first kappa shape index (κ1) is 7.70. The molecule has 0 amide bonds. The van der Waals surface area contributed by atoms with Gasteiger partial charge in [-0.3, -0.25) is 0 Å². The summed E-state index contributed by atoms with van der Waals surface area (Å²) < 4.78 is 12.4. The number of nitrogens with zero attached hydrogens (tertiary/aromatic N) is 1. The molecule has 0 aromatic heterocycles. The standard InChI is InChI=1S/C8H7FN2/c9-7-3-1-6(2-4-7)8(11)5-10/h1-4,8H,11H2/p+1/t8-/m1/s1. The normalized spacial score (nSPS) is 12.1. The fraction of sp³-hybridized carbons (Fsp3) is 0.125. The minimum atomic E-state index is -0.407. The zero-order chi connectivity index (χ0) is 8.27. The van der Waals surface area contributed by atoms with Crippen LogP contribution in [0.25, 0.3) is 0 Å². The molecule has 0 radical (unpaired) electrons. The maximum absolute atomic E-state index is 12.4. The minimum absolute atomic E-state index is 0.293. The van der Waals surface area contributed by atoms with Gasteiger partial charge in [0.15, 0.2) is 6.04 Å². The van der Waals surface area contributed by atoms with Gasteiger partial charge in [-0.2, -0.15) is 5.26 Å². The van der Waals surface area contributed by atoms with Crippen molar-refractivity contribution in [3.05, 3.63) is 35.6 Å². The van der Waals surface area contributed by atoms with E-state index in [2.05, 4.69) is 5.73 Å². The van der Waals surface area contributed by atoms with Crippen molar-refractivity contribution in [2.45, 2.75) is 6.04 Å². The molecule has 0 aliphatic carbocycles. The van der Waals surface area contributed by atoms with E-state index in [1.165, 1.54) is 12.1 Å². The third-order valence-corrected chi connectivity index (χ3v) is 1.43. The highest BCUT2D eigenvalue weighted by atomic mass is 19.1. The summed E-state index contributed by atoms with van der Waals surface area (Å²) in [6.07, 6.45) is 0. The predicted molar refractivity (Wildman–Crippen MR) is 37.6 cm³/mol. The summed E-state index contributed by atoms with van der Waals surface area (Å²) in [7, 11) is 0. The van der Waals surface area contributed by atoms with Crippen LogP contribution in [-0.2, 0) is 0 Å². The number of rotatable bonds is 1. The molecule has 56 valence electrons. The van der Waals surface area contributed by atoms with Crippen LogP contribution in [0.15, 0.2) is 24.3 Å². The number of halogens is 1. The average Bonchev–Trinajstić information content (AvgIpc) is 2.05. The van der Waals surface area contributed by atoms with E-state index in [9.17, 15) is 4.39 Å². The Kier molecular flexibility index (Phi) is 2.19. The van der Waals surface area contributed by atoms with E-state index in [4.69, 9.17) is 5.26 Å². The van der Waals surface area contributed by atoms with Gasteiger partial charge in [0.25, 0.3) is 0 Å². The van der Waals surface area contributed by atoms with Crippen molar-refractivity contribution in [1.29, 1.82) is 5.26 Å². The molecule has 0 bridgehead atoms. The zero-order valence-corrected chi connectivity index (χ0v) is 5.92. The van der Waals surface area contributed by atoms with E-state index < -0.39 is 6.04 Å². The Hall–Kier alpha value is -1.40. The van der Waals surface area contributed by atoms with Gasteiger partial charge < -0.3 is 5.73 Å². The molecule has 0 saturated heterocycles. The number of hydrogen-bond donors (Lipinski definition) is 1. The first-order chi connectivity index (χ1) is 5.24. The van der Waals surface area contributed by atoms with Crippen molar-refractivity contribution in [2.24, 2.45) is 0 Å². The highest BCUT2D eigenvalue weighted by Gasteiger charge is 2.05. The molecule has 0 aliphatic heterocycles. The summed E-state index contributed by atoms with van der Waals surface area (Å²) in [5, 5.41) is 8.45. The van der Waals surface area contributed by atoms with E-state index in [1.807, 2.05) is 6.07 Å². The topological polar surface area (TPSA) is 51.4 Å². The molecule has 0 spiro atoms. The van der Waals surface area contributed by atoms with Crippen LogP contribution in [0, 0.1) is 17.1 Å². The molecule has 1 atom stereocenters. The lowest BCUT2D eigenvalue weighted by Crippen LogP contribution is -2.52. The lowest BCUT2D eigenvalue weighted by molar-refractivity contribution is -0.406. The van der Waals surface area contributed by atoms with E-state index in [-0.39, 0.29) is 5.82 Å². The summed E-state index contributed by atoms with van der Waals surface area (Å²) >= 11 is 0. The number of quaternary nitrogens is 1. The fourth-order valence-corrected chi connectivity index (χ4v) is 0.770. The zero-order valence-electron chi connectivity index (χ0n) is 5.92. The molecule has 0 fully saturated rings. The highest BCUT2D eigenvalue weighted by Crippen LogP contribution is 2.07. The number of nitriles is 1. The molecule has 1 aromatic rings. The predicted octanol–water partition coefficient (Wildman–Crippen LogP) is 0.632. The largest absolute Gasteiger partial charge is 0.339 e. The van der Waals surface area contributed by atoms with Gasteiger partial charge in [-0.05, 0) is 24.3 Å². The van der Waals surface area contributed by atoms with Gasteiger partial charge in [0.05, 0.1) is 0 Å². The molecule has 0 saturated carbocycles. The van der Waals surface area contributed by atoms with E-state index in [0.717, 1.165) is 5.56 Å². The molecule has 3 heteroatoms. The van der Waals surface area contributed by atoms with Crippen LogP contribution in [-0.4, -0.2) is 0 Å². The van der Waals surface area contributed by atoms with Crippen LogP contribution in [0.1, 0.15) is 11.6 Å². The Morgan fingerprint density at radius 1 is 1.36 bits per heavy atom. The second-order valence-electron chi connectivity index (χ2n) is 2.23. The van der Waals surface area contributed by atoms with Crippen LogP contribution in [0.2, 0.25) is 0 Å². The van der Waals surface area contributed by atoms with Crippen molar-refractivity contribution in [3.8, 4) is 6.07 Å². The second-order valence-corrected chi connectivity index (χ2v) is 2.23. The molecular formula is C8H8FN2+. The lowest BCUT2D eigenvalue weighted by atomic mass is 10.1. The average molecular weight is 151 g/mol. The fourth-order valence-electron chi connectivity index (χ4n) is 0.770. The van der Waals surface area contributed by atoms with Crippen LogP contribution in [0.4, 0.5) is 4.39 Å². The Morgan fingerprint density at radius 2 is 1.91 bits per heavy atom. The maximum Gasteiger partial charge on any atom is 0.197 e. The van der Waals surface area contributed by atoms with Gasteiger partial charge in [-0.25, -0.2) is 4.39 Å². The molecule has 1 rings (SSSR count). The first-order valence-corrected chi connectivity index (χ1v) is 3.22. The molecule has 0 aliphatic rings. The van der Waals surface area contributed by atoms with Gasteiger partial charge in [-0.15, -0.1) is 0 Å². The van der Waals surface area contributed by atoms with E-state index >= 15 is 0 Å². The molecule has 0 heterocycles. The summed E-state index contributed by atoms with van der Waals surface area (Å²) in [4.78, 5) is 0. The van der Waals surface area contributed by atoms with Crippen LogP contribution in [0.3, 0.4) is 0 Å². The third-order valence-electron chi connectivity index (χ3n) is 1.43. The summed E-state index contributed by atoms with van der Waals surface area (Å²) in [6.45, 7) is 0. The van der Waals surface area contributed by atoms with Gasteiger partial charge >= 0.3 is 0 Å². The molecular weight excluding hydrogens is 143 g/mol. The van der Waals surface area contributed by atoms with Crippen molar-refractivity contribution in [3.63, 3.8) is 0 Å². The van der Waals surface area contributed by atoms with Crippen molar-refractivity contribution >= 4 is 0 Å². The Labute approximate surface area is 64.1 Å². The van der Waals surface area contributed by atoms with Crippen molar-refractivity contribution < 1.29 is 10.1 Å². The number of benzene rings is 1. The van der Waals surface area contributed by atoms with Gasteiger partial charge in [0.1, 0.15) is 11.9 Å². The lowest BCUT2D eigenvalue weighted by Gasteiger charge is -1.97. The maximum atomic E-state index is 12.4. The van der Waals surface area contributed by atoms with Gasteiger partial charge in [0, 0.05) is 5.56 Å². The van der Waals surface area contributed by atoms with Crippen LogP contribution < -0.4 is 5.73 Å². The Morgan fingerprint density at radius 3 is 2.36 bits per heavy atom. The highest BCUT2D eigenvalue weighted by molar-refractivity contribution is 5.21. The smallest absolute Gasteiger partial charge is 0.197 e. The van der Waals surface area contributed by atoms with Gasteiger partial charge in [0.2, 0.25) is 0 Å². The summed E-state index contributed by atoms with van der Waals surface area (Å²) in [5.74, 6) is -0.293. The monoisotopic (exact) mass is 151 g/mol. The molecule has 0 unspecified atom stereocenters. The second kappa shape index (κ2) is 3.13. The summed E-state index contributed by atoms with van der Waals surface area (Å²) in [5.41, 5.74) is 4.32. The quantitative estimate of drug-likeness (QED) is 0.628. The molecule has 11 heavy (non-hydrogen) atoms. The SMILES string of the molecule is N#C[C@@H]([NH3+])c1ccc(F)cc1. The van der Waals surface area contributed by atoms with Crippen LogP contribution >= 0.6 is 0 Å². The minimum Gasteiger partial charge on any atom is -0.339 e. The number of hydrogen-bond acceptors (Lipinski definition) is 1. The molecule has 3 N–H and O–H groups in total. The van der Waals surface area contributed by atoms with E-state index in [0.29, 0.717) is 0 Å². The van der Waals surface area contributed by atoms with Crippen LogP contribution in [0.5, 0.6) is 0 Å². The third kappa shape index (κ3) is 1.76. The van der Waals surface area contributed by atoms with Gasteiger partial charge in [-0.1, -0.05) is 0 Å². The van der Waals surface area contributed by atoms with E-state index in [1.54, 1.807) is 12.1 Å². The molecule has 1 aromatic carbocycles. The Balaban J connectivity index is 2.92. The summed E-state index contributed by atoms with van der Waals surface area (Å²) in [6, 6.07) is 7.34. The molecule has 2 nitrogen and oxygen atoms in total. The Bertz CT molecular complexity index is 273.